The van der Waals surface area contributed by atoms with Crippen LogP contribution in [-0.4, -0.2) is 44.3 Å². The molecule has 2 aliphatic rings. The minimum atomic E-state index is 0.132. The molecule has 5 rings (SSSR count). The Morgan fingerprint density at radius 2 is 2.07 bits per heavy atom. The maximum Gasteiger partial charge on any atom is 0.137 e. The topological polar surface area (TPSA) is 69.2 Å². The Balaban J connectivity index is 1.22. The molecule has 7 heteroatoms. The van der Waals surface area contributed by atoms with Crippen LogP contribution in [0.2, 0.25) is 0 Å². The van der Waals surface area contributed by atoms with Crippen molar-refractivity contribution in [1.82, 2.24) is 24.6 Å². The number of pyridine rings is 1. The fraction of sp³-hybridized carbons (Fsp3) is 0.500. The highest BCUT2D eigenvalue weighted by atomic mass is 16.5. The van der Waals surface area contributed by atoms with Crippen LogP contribution in [-0.2, 0) is 30.7 Å². The number of fused-ring (bicyclic) bond motifs is 1. The van der Waals surface area contributed by atoms with Gasteiger partial charge < -0.3 is 13.7 Å². The molecule has 3 aromatic rings. The van der Waals surface area contributed by atoms with Crippen LogP contribution in [0.1, 0.15) is 54.1 Å². The van der Waals surface area contributed by atoms with E-state index in [0.29, 0.717) is 0 Å². The van der Waals surface area contributed by atoms with Gasteiger partial charge in [0.2, 0.25) is 0 Å². The van der Waals surface area contributed by atoms with Gasteiger partial charge >= 0.3 is 0 Å². The van der Waals surface area contributed by atoms with E-state index in [1.807, 2.05) is 12.3 Å². The highest BCUT2D eigenvalue weighted by Crippen LogP contribution is 2.29. The number of hydrogen-bond acceptors (Lipinski definition) is 6. The predicted molar refractivity (Wildman–Crippen MR) is 107 cm³/mol. The molecule has 0 aromatic carbocycles. The minimum Gasteiger partial charge on any atom is -0.462 e. The highest BCUT2D eigenvalue weighted by molar-refractivity contribution is 5.16. The molecule has 1 fully saturated rings. The summed E-state index contributed by atoms with van der Waals surface area (Å²) in [6.45, 7) is 4.48. The molecule has 0 spiro atoms. The molecular formula is C22H27N5O2. The van der Waals surface area contributed by atoms with E-state index in [1.165, 1.54) is 6.42 Å². The number of furan rings is 1. The van der Waals surface area contributed by atoms with Crippen molar-refractivity contribution in [2.24, 2.45) is 0 Å². The molecule has 0 saturated carbocycles. The first-order valence-corrected chi connectivity index (χ1v) is 10.6. The molecule has 152 valence electrons. The van der Waals surface area contributed by atoms with E-state index in [2.05, 4.69) is 42.8 Å². The van der Waals surface area contributed by atoms with Crippen molar-refractivity contribution in [3.8, 4) is 0 Å². The van der Waals surface area contributed by atoms with Crippen LogP contribution < -0.4 is 0 Å². The molecule has 5 heterocycles. The fourth-order valence-corrected chi connectivity index (χ4v) is 4.24. The van der Waals surface area contributed by atoms with Crippen molar-refractivity contribution in [3.05, 3.63) is 65.4 Å². The molecule has 29 heavy (non-hydrogen) atoms. The van der Waals surface area contributed by atoms with Crippen molar-refractivity contribution in [1.29, 1.82) is 0 Å². The van der Waals surface area contributed by atoms with Crippen LogP contribution in [0.15, 0.2) is 41.1 Å². The summed E-state index contributed by atoms with van der Waals surface area (Å²) >= 11 is 0. The molecule has 7 nitrogen and oxygen atoms in total. The molecule has 1 saturated heterocycles. The first kappa shape index (κ1) is 18.5. The van der Waals surface area contributed by atoms with E-state index in [9.17, 15) is 0 Å². The van der Waals surface area contributed by atoms with E-state index < -0.39 is 0 Å². The third kappa shape index (κ3) is 4.26. The average molecular weight is 393 g/mol. The number of hydrogen-bond donors (Lipinski definition) is 0. The first-order chi connectivity index (χ1) is 14.3. The van der Waals surface area contributed by atoms with Gasteiger partial charge in [-0.2, -0.15) is 0 Å². The van der Waals surface area contributed by atoms with E-state index in [1.54, 1.807) is 6.20 Å². The average Bonchev–Trinajstić information content (AvgIpc) is 3.33. The van der Waals surface area contributed by atoms with Gasteiger partial charge in [-0.3, -0.25) is 9.88 Å². The quantitative estimate of drug-likeness (QED) is 0.663. The summed E-state index contributed by atoms with van der Waals surface area (Å²) in [5.74, 6) is 4.08. The van der Waals surface area contributed by atoms with Crippen molar-refractivity contribution < 1.29 is 9.15 Å². The Morgan fingerprint density at radius 1 is 1.07 bits per heavy atom. The SMILES string of the molecule is c1cncc(Cc2nnc3n2CCN(Cc2ccc(C4CCCCO4)o2)CC3)c1. The van der Waals surface area contributed by atoms with Gasteiger partial charge in [-0.05, 0) is 43.0 Å². The smallest absolute Gasteiger partial charge is 0.137 e. The third-order valence-electron chi connectivity index (χ3n) is 5.84. The zero-order chi connectivity index (χ0) is 19.5. The first-order valence-electron chi connectivity index (χ1n) is 10.6. The number of ether oxygens (including phenoxy) is 1. The molecule has 3 aromatic heterocycles. The third-order valence-corrected chi connectivity index (χ3v) is 5.84. The van der Waals surface area contributed by atoms with Crippen LogP contribution in [0.25, 0.3) is 0 Å². The zero-order valence-corrected chi connectivity index (χ0v) is 16.7. The van der Waals surface area contributed by atoms with Crippen molar-refractivity contribution in [3.63, 3.8) is 0 Å². The largest absolute Gasteiger partial charge is 0.462 e. The Hall–Kier alpha value is -2.51. The minimum absolute atomic E-state index is 0.132. The summed E-state index contributed by atoms with van der Waals surface area (Å²) in [6, 6.07) is 8.24. The lowest BCUT2D eigenvalue weighted by atomic mass is 10.1. The second-order valence-electron chi connectivity index (χ2n) is 7.91. The fourth-order valence-electron chi connectivity index (χ4n) is 4.24. The molecule has 2 aliphatic heterocycles. The summed E-state index contributed by atoms with van der Waals surface area (Å²) < 4.78 is 14.2. The lowest BCUT2D eigenvalue weighted by Gasteiger charge is -2.21. The van der Waals surface area contributed by atoms with Crippen LogP contribution in [0.5, 0.6) is 0 Å². The molecule has 1 unspecified atom stereocenters. The molecule has 0 aliphatic carbocycles. The lowest BCUT2D eigenvalue weighted by Crippen LogP contribution is -2.26. The predicted octanol–water partition coefficient (Wildman–Crippen LogP) is 3.16. The second kappa shape index (κ2) is 8.47. The Morgan fingerprint density at radius 3 is 2.93 bits per heavy atom. The lowest BCUT2D eigenvalue weighted by molar-refractivity contribution is 0.000856. The van der Waals surface area contributed by atoms with Crippen molar-refractivity contribution >= 4 is 0 Å². The van der Waals surface area contributed by atoms with Crippen LogP contribution >= 0.6 is 0 Å². The van der Waals surface area contributed by atoms with Crippen molar-refractivity contribution in [2.75, 3.05) is 19.7 Å². The molecule has 0 amide bonds. The number of aromatic nitrogens is 4. The number of nitrogens with zero attached hydrogens (tertiary/aromatic N) is 5. The van der Waals surface area contributed by atoms with Gasteiger partial charge in [0, 0.05) is 51.5 Å². The van der Waals surface area contributed by atoms with E-state index >= 15 is 0 Å². The van der Waals surface area contributed by atoms with Gasteiger partial charge in [-0.1, -0.05) is 6.07 Å². The Labute approximate surface area is 170 Å². The molecule has 1 atom stereocenters. The van der Waals surface area contributed by atoms with Gasteiger partial charge in [0.15, 0.2) is 0 Å². The summed E-state index contributed by atoms with van der Waals surface area (Å²) in [5.41, 5.74) is 1.16. The number of rotatable bonds is 5. The molecular weight excluding hydrogens is 366 g/mol. The zero-order valence-electron chi connectivity index (χ0n) is 16.7. The Bertz CT molecular complexity index is 930. The van der Waals surface area contributed by atoms with Crippen LogP contribution in [0, 0.1) is 0 Å². The highest BCUT2D eigenvalue weighted by Gasteiger charge is 2.22. The molecule has 0 radical (unpaired) electrons. The maximum absolute atomic E-state index is 6.12. The summed E-state index contributed by atoms with van der Waals surface area (Å²) in [7, 11) is 0. The van der Waals surface area contributed by atoms with Gasteiger partial charge in [0.25, 0.3) is 0 Å². The monoisotopic (exact) mass is 393 g/mol. The van der Waals surface area contributed by atoms with E-state index in [0.717, 1.165) is 87.2 Å². The molecule has 0 N–H and O–H groups in total. The normalized spacial score (nSPS) is 20.3. The van der Waals surface area contributed by atoms with Gasteiger partial charge in [0.1, 0.15) is 29.3 Å². The van der Waals surface area contributed by atoms with Crippen LogP contribution in [0.4, 0.5) is 0 Å². The molecule has 0 bridgehead atoms. The van der Waals surface area contributed by atoms with Gasteiger partial charge in [0.05, 0.1) is 6.54 Å². The Kier molecular flexibility index (Phi) is 5.41. The summed E-state index contributed by atoms with van der Waals surface area (Å²) in [4.78, 5) is 6.64. The van der Waals surface area contributed by atoms with Gasteiger partial charge in [-0.15, -0.1) is 10.2 Å². The van der Waals surface area contributed by atoms with Crippen molar-refractivity contribution in [2.45, 2.75) is 51.3 Å². The summed E-state index contributed by atoms with van der Waals surface area (Å²) in [5, 5.41) is 8.88. The van der Waals surface area contributed by atoms with E-state index in [4.69, 9.17) is 9.15 Å². The standard InChI is InChI=1S/C22H27N5O2/c1-2-13-28-19(5-1)20-7-6-18(29-20)16-26-10-8-21-24-25-22(27(21)12-11-26)14-17-4-3-9-23-15-17/h3-4,6-7,9,15,19H,1-2,5,8,10-14,16H2. The van der Waals surface area contributed by atoms with E-state index in [-0.39, 0.29) is 6.10 Å². The van der Waals surface area contributed by atoms with Crippen LogP contribution in [0.3, 0.4) is 0 Å². The second-order valence-corrected chi connectivity index (χ2v) is 7.91. The van der Waals surface area contributed by atoms with Gasteiger partial charge in [-0.25, -0.2) is 0 Å². The maximum atomic E-state index is 6.12. The summed E-state index contributed by atoms with van der Waals surface area (Å²) in [6.07, 6.45) is 8.93.